The fraction of sp³-hybridized carbons (Fsp3) is 0.474. The average molecular weight is 312 g/mol. The van der Waals surface area contributed by atoms with Crippen molar-refractivity contribution < 1.29 is 0 Å². The molecule has 0 amide bonds. The quantitative estimate of drug-likeness (QED) is 0.817. The summed E-state index contributed by atoms with van der Waals surface area (Å²) in [6, 6.07) is 5.91. The van der Waals surface area contributed by atoms with Crippen molar-refractivity contribution in [2.75, 3.05) is 0 Å². The number of hydrogen-bond acceptors (Lipinski definition) is 2. The first kappa shape index (κ1) is 15.8. The van der Waals surface area contributed by atoms with Crippen molar-refractivity contribution in [1.82, 2.24) is 9.13 Å². The summed E-state index contributed by atoms with van der Waals surface area (Å²) in [5.41, 5.74) is 2.04. The van der Waals surface area contributed by atoms with Crippen LogP contribution < -0.4 is 11.1 Å². The smallest absolute Gasteiger partial charge is 0.309 e. The zero-order chi connectivity index (χ0) is 16.4. The highest BCUT2D eigenvalue weighted by Gasteiger charge is 2.16. The molecule has 0 saturated heterocycles. The molecular weight excluding hydrogens is 288 g/mol. The zero-order valence-electron chi connectivity index (χ0n) is 13.9. The topological polar surface area (TPSA) is 44.0 Å². The molecule has 0 unspecified atom stereocenters. The summed E-state index contributed by atoms with van der Waals surface area (Å²) in [4.78, 5) is 24.9. The molecule has 1 fully saturated rings. The van der Waals surface area contributed by atoms with Gasteiger partial charge in [0.05, 0.1) is 0 Å². The molecule has 4 nitrogen and oxygen atoms in total. The van der Waals surface area contributed by atoms with Crippen molar-refractivity contribution in [2.24, 2.45) is 5.92 Å². The summed E-state index contributed by atoms with van der Waals surface area (Å²) in [7, 11) is 0. The van der Waals surface area contributed by atoms with Crippen LogP contribution in [0.15, 0.2) is 40.2 Å². The van der Waals surface area contributed by atoms with Gasteiger partial charge in [-0.3, -0.25) is 14.2 Å². The Balaban J connectivity index is 1.94. The maximum absolute atomic E-state index is 12.5. The van der Waals surface area contributed by atoms with E-state index in [1.54, 1.807) is 17.0 Å². The van der Waals surface area contributed by atoms with E-state index in [0.717, 1.165) is 29.7 Å². The van der Waals surface area contributed by atoms with Gasteiger partial charge in [0.1, 0.15) is 0 Å². The lowest BCUT2D eigenvalue weighted by molar-refractivity contribution is 0.315. The Kier molecular flexibility index (Phi) is 4.51. The van der Waals surface area contributed by atoms with Crippen LogP contribution in [-0.4, -0.2) is 9.13 Å². The van der Waals surface area contributed by atoms with Gasteiger partial charge in [0.25, 0.3) is 0 Å². The second-order valence-electron chi connectivity index (χ2n) is 6.78. The molecule has 0 N–H and O–H groups in total. The van der Waals surface area contributed by atoms with Gasteiger partial charge in [-0.15, -0.1) is 0 Å². The third-order valence-corrected chi connectivity index (χ3v) is 4.72. The molecule has 0 radical (unpaired) electrons. The summed E-state index contributed by atoms with van der Waals surface area (Å²) in [6.45, 7) is 4.65. The zero-order valence-corrected chi connectivity index (χ0v) is 13.9. The Morgan fingerprint density at radius 2 is 1.57 bits per heavy atom. The first-order chi connectivity index (χ1) is 11.0. The maximum atomic E-state index is 12.5. The van der Waals surface area contributed by atoms with Crippen LogP contribution in [0.25, 0.3) is 5.69 Å². The molecule has 1 saturated carbocycles. The fourth-order valence-corrected chi connectivity index (χ4v) is 3.59. The monoisotopic (exact) mass is 312 g/mol. The van der Waals surface area contributed by atoms with Gasteiger partial charge >= 0.3 is 11.1 Å². The van der Waals surface area contributed by atoms with E-state index in [2.05, 4.69) is 6.07 Å². The predicted molar refractivity (Wildman–Crippen MR) is 92.3 cm³/mol. The molecule has 0 atom stereocenters. The molecular formula is C19H24N2O2. The number of aromatic nitrogens is 2. The van der Waals surface area contributed by atoms with Crippen molar-refractivity contribution in [2.45, 2.75) is 52.5 Å². The fourth-order valence-electron chi connectivity index (χ4n) is 3.59. The summed E-state index contributed by atoms with van der Waals surface area (Å²) >= 11 is 0. The third-order valence-electron chi connectivity index (χ3n) is 4.72. The van der Waals surface area contributed by atoms with Gasteiger partial charge in [-0.2, -0.15) is 0 Å². The SMILES string of the molecule is Cc1cc(C)cc(-n2ccn(CC3CCCCC3)c(=O)c2=O)c1. The van der Waals surface area contributed by atoms with Gasteiger partial charge in [0.2, 0.25) is 0 Å². The minimum absolute atomic E-state index is 0.419. The van der Waals surface area contributed by atoms with E-state index in [1.165, 1.54) is 23.8 Å². The van der Waals surface area contributed by atoms with Crippen LogP contribution in [0.4, 0.5) is 0 Å². The van der Waals surface area contributed by atoms with Crippen molar-refractivity contribution in [3.8, 4) is 5.69 Å². The van der Waals surface area contributed by atoms with Crippen LogP contribution in [-0.2, 0) is 6.54 Å². The first-order valence-electron chi connectivity index (χ1n) is 8.45. The molecule has 1 heterocycles. The summed E-state index contributed by atoms with van der Waals surface area (Å²) < 4.78 is 3.05. The van der Waals surface area contributed by atoms with Gasteiger partial charge < -0.3 is 4.57 Å². The number of aryl methyl sites for hydroxylation is 2. The molecule has 2 aromatic rings. The van der Waals surface area contributed by atoms with Crippen LogP contribution in [0.5, 0.6) is 0 Å². The second-order valence-corrected chi connectivity index (χ2v) is 6.78. The molecule has 1 aliphatic rings. The highest BCUT2D eigenvalue weighted by atomic mass is 16.2. The van der Waals surface area contributed by atoms with Crippen molar-refractivity contribution >= 4 is 0 Å². The summed E-state index contributed by atoms with van der Waals surface area (Å²) in [5.74, 6) is 0.526. The highest BCUT2D eigenvalue weighted by Crippen LogP contribution is 2.24. The van der Waals surface area contributed by atoms with E-state index in [4.69, 9.17) is 0 Å². The Hall–Kier alpha value is -2.10. The number of hydrogen-bond donors (Lipinski definition) is 0. The van der Waals surface area contributed by atoms with Gasteiger partial charge in [0.15, 0.2) is 0 Å². The number of nitrogens with zero attached hydrogens (tertiary/aromatic N) is 2. The van der Waals surface area contributed by atoms with Crippen LogP contribution in [0.1, 0.15) is 43.2 Å². The standard InChI is InChI=1S/C19H24N2O2/c1-14-10-15(2)12-17(11-14)21-9-8-20(18(22)19(21)23)13-16-6-4-3-5-7-16/h8-12,16H,3-7,13H2,1-2H3. The predicted octanol–water partition coefficient (Wildman–Crippen LogP) is 3.20. The highest BCUT2D eigenvalue weighted by molar-refractivity contribution is 5.39. The second kappa shape index (κ2) is 6.57. The molecule has 0 bridgehead atoms. The number of benzene rings is 1. The molecule has 0 aliphatic heterocycles. The van der Waals surface area contributed by atoms with Crippen LogP contribution in [0.2, 0.25) is 0 Å². The lowest BCUT2D eigenvalue weighted by Gasteiger charge is -2.22. The molecule has 1 aliphatic carbocycles. The molecule has 122 valence electrons. The van der Waals surface area contributed by atoms with Crippen LogP contribution >= 0.6 is 0 Å². The molecule has 23 heavy (non-hydrogen) atoms. The van der Waals surface area contributed by atoms with Crippen molar-refractivity contribution in [1.29, 1.82) is 0 Å². The molecule has 1 aromatic carbocycles. The van der Waals surface area contributed by atoms with Crippen LogP contribution in [0.3, 0.4) is 0 Å². The van der Waals surface area contributed by atoms with Gasteiger partial charge in [-0.25, -0.2) is 0 Å². The molecule has 0 spiro atoms. The van der Waals surface area contributed by atoms with Gasteiger partial charge in [-0.1, -0.05) is 25.3 Å². The van der Waals surface area contributed by atoms with E-state index in [9.17, 15) is 9.59 Å². The molecule has 1 aromatic heterocycles. The normalized spacial score (nSPS) is 15.7. The van der Waals surface area contributed by atoms with E-state index in [-0.39, 0.29) is 0 Å². The minimum atomic E-state index is -0.465. The van der Waals surface area contributed by atoms with Gasteiger partial charge in [0, 0.05) is 24.6 Å². The summed E-state index contributed by atoms with van der Waals surface area (Å²) in [6.07, 6.45) is 9.56. The van der Waals surface area contributed by atoms with Crippen molar-refractivity contribution in [3.05, 3.63) is 62.4 Å². The van der Waals surface area contributed by atoms with E-state index in [0.29, 0.717) is 12.5 Å². The Bertz CT molecular complexity index is 791. The molecule has 3 rings (SSSR count). The van der Waals surface area contributed by atoms with Crippen molar-refractivity contribution in [3.63, 3.8) is 0 Å². The Morgan fingerprint density at radius 1 is 0.913 bits per heavy atom. The molecule has 4 heteroatoms. The van der Waals surface area contributed by atoms with Gasteiger partial charge in [-0.05, 0) is 55.9 Å². The van der Waals surface area contributed by atoms with E-state index >= 15 is 0 Å². The lowest BCUT2D eigenvalue weighted by Crippen LogP contribution is -2.41. The number of rotatable bonds is 3. The van der Waals surface area contributed by atoms with E-state index in [1.807, 2.05) is 26.0 Å². The summed E-state index contributed by atoms with van der Waals surface area (Å²) in [5, 5.41) is 0. The Morgan fingerprint density at radius 3 is 2.22 bits per heavy atom. The minimum Gasteiger partial charge on any atom is -0.309 e. The largest absolute Gasteiger partial charge is 0.320 e. The maximum Gasteiger partial charge on any atom is 0.320 e. The Labute approximate surface area is 136 Å². The van der Waals surface area contributed by atoms with E-state index < -0.39 is 11.1 Å². The third kappa shape index (κ3) is 3.46. The van der Waals surface area contributed by atoms with Crippen LogP contribution in [0, 0.1) is 19.8 Å². The average Bonchev–Trinajstić information content (AvgIpc) is 2.52. The lowest BCUT2D eigenvalue weighted by atomic mass is 9.89. The first-order valence-corrected chi connectivity index (χ1v) is 8.45.